The number of ether oxygens (including phenoxy) is 1. The number of pyridine rings is 1. The molecule has 0 aliphatic rings. The lowest BCUT2D eigenvalue weighted by atomic mass is 10.0. The van der Waals surface area contributed by atoms with Crippen LogP contribution < -0.4 is 10.5 Å². The predicted octanol–water partition coefficient (Wildman–Crippen LogP) is 3.54. The largest absolute Gasteiger partial charge is 0.573 e. The number of anilines is 1. The number of nitrogen functional groups attached to an aromatic ring is 1. The van der Waals surface area contributed by atoms with Crippen molar-refractivity contribution in [2.75, 3.05) is 5.73 Å². The highest BCUT2D eigenvalue weighted by molar-refractivity contribution is 5.79. The molecule has 6 heteroatoms. The molecule has 3 nitrogen and oxygen atoms in total. The summed E-state index contributed by atoms with van der Waals surface area (Å²) < 4.78 is 40.5. The molecule has 0 radical (unpaired) electrons. The summed E-state index contributed by atoms with van der Waals surface area (Å²) >= 11 is 0. The molecular weight excluding hydrogens is 257 g/mol. The quantitative estimate of drug-likeness (QED) is 0.847. The molecule has 0 amide bonds. The third-order valence-corrected chi connectivity index (χ3v) is 2.59. The Labute approximate surface area is 107 Å². The van der Waals surface area contributed by atoms with Gasteiger partial charge in [0.1, 0.15) is 5.75 Å². The van der Waals surface area contributed by atoms with Crippen molar-refractivity contribution in [3.05, 3.63) is 42.2 Å². The third-order valence-electron chi connectivity index (χ3n) is 2.59. The fourth-order valence-electron chi connectivity index (χ4n) is 1.71. The van der Waals surface area contributed by atoms with Gasteiger partial charge < -0.3 is 10.5 Å². The molecule has 100 valence electrons. The molecule has 0 bridgehead atoms. The van der Waals surface area contributed by atoms with Crippen LogP contribution in [0.2, 0.25) is 0 Å². The summed E-state index contributed by atoms with van der Waals surface area (Å²) in [7, 11) is 0. The number of alkyl halides is 3. The van der Waals surface area contributed by atoms with Gasteiger partial charge >= 0.3 is 6.36 Å². The van der Waals surface area contributed by atoms with Crippen molar-refractivity contribution < 1.29 is 17.9 Å². The number of aryl methyl sites for hydroxylation is 1. The van der Waals surface area contributed by atoms with Crippen LogP contribution in [0.3, 0.4) is 0 Å². The number of nitrogens with zero attached hydrogens (tertiary/aromatic N) is 1. The van der Waals surface area contributed by atoms with Crippen LogP contribution in [0.1, 0.15) is 5.56 Å². The molecule has 0 atom stereocenters. The van der Waals surface area contributed by atoms with Gasteiger partial charge in [-0.2, -0.15) is 0 Å². The molecule has 1 aromatic heterocycles. The summed E-state index contributed by atoms with van der Waals surface area (Å²) in [6.45, 7) is 1.83. The Morgan fingerprint density at radius 2 is 1.89 bits per heavy atom. The van der Waals surface area contributed by atoms with Crippen molar-refractivity contribution in [3.63, 3.8) is 0 Å². The molecule has 0 spiro atoms. The number of nitrogens with two attached hydrogens (primary N) is 1. The average molecular weight is 268 g/mol. The van der Waals surface area contributed by atoms with Crippen molar-refractivity contribution in [1.82, 2.24) is 4.98 Å². The highest BCUT2D eigenvalue weighted by atomic mass is 19.4. The molecule has 0 fully saturated rings. The minimum atomic E-state index is -4.72. The normalized spacial score (nSPS) is 11.4. The summed E-state index contributed by atoms with van der Waals surface area (Å²) in [6, 6.07) is 5.57. The first-order valence-electron chi connectivity index (χ1n) is 5.43. The number of halogens is 3. The second kappa shape index (κ2) is 4.79. The van der Waals surface area contributed by atoms with Crippen LogP contribution in [0.5, 0.6) is 5.75 Å². The average Bonchev–Trinajstić information content (AvgIpc) is 2.31. The Morgan fingerprint density at radius 1 is 1.16 bits per heavy atom. The Kier molecular flexibility index (Phi) is 3.33. The van der Waals surface area contributed by atoms with Gasteiger partial charge in [-0.3, -0.25) is 4.98 Å². The minimum absolute atomic E-state index is 0.306. The van der Waals surface area contributed by atoms with E-state index in [-0.39, 0.29) is 5.75 Å². The van der Waals surface area contributed by atoms with Crippen LogP contribution in [-0.2, 0) is 0 Å². The number of hydrogen-bond donors (Lipinski definition) is 1. The standard InChI is InChI=1S/C13H11F3N2O/c1-8-4-5-18-7-11(8)10-6-9(2-3-12(10)17)19-13(14,15)16/h2-7H,17H2,1H3. The van der Waals surface area contributed by atoms with Crippen LogP contribution in [0, 0.1) is 6.92 Å². The maximum Gasteiger partial charge on any atom is 0.573 e. The minimum Gasteiger partial charge on any atom is -0.406 e. The lowest BCUT2D eigenvalue weighted by Crippen LogP contribution is -2.17. The van der Waals surface area contributed by atoms with E-state index in [2.05, 4.69) is 9.72 Å². The Morgan fingerprint density at radius 3 is 2.53 bits per heavy atom. The zero-order chi connectivity index (χ0) is 14.0. The smallest absolute Gasteiger partial charge is 0.406 e. The molecule has 0 aliphatic carbocycles. The molecule has 2 N–H and O–H groups in total. The van der Waals surface area contributed by atoms with E-state index >= 15 is 0 Å². The predicted molar refractivity (Wildman–Crippen MR) is 65.5 cm³/mol. The van der Waals surface area contributed by atoms with E-state index in [0.717, 1.165) is 5.56 Å². The van der Waals surface area contributed by atoms with E-state index < -0.39 is 6.36 Å². The lowest BCUT2D eigenvalue weighted by molar-refractivity contribution is -0.274. The van der Waals surface area contributed by atoms with Gasteiger partial charge in [-0.1, -0.05) is 0 Å². The highest BCUT2D eigenvalue weighted by Gasteiger charge is 2.31. The third kappa shape index (κ3) is 3.15. The van der Waals surface area contributed by atoms with Crippen molar-refractivity contribution >= 4 is 5.69 Å². The first kappa shape index (κ1) is 13.2. The molecule has 0 aliphatic heterocycles. The van der Waals surface area contributed by atoms with Gasteiger partial charge in [0.2, 0.25) is 0 Å². The maximum absolute atomic E-state index is 12.2. The Bertz CT molecular complexity index is 597. The summed E-state index contributed by atoms with van der Waals surface area (Å²) in [6.07, 6.45) is -1.57. The van der Waals surface area contributed by atoms with Crippen molar-refractivity contribution in [1.29, 1.82) is 0 Å². The van der Waals surface area contributed by atoms with E-state index in [1.807, 2.05) is 6.92 Å². The molecule has 0 unspecified atom stereocenters. The van der Waals surface area contributed by atoms with Crippen LogP contribution in [0.4, 0.5) is 18.9 Å². The Balaban J connectivity index is 2.46. The van der Waals surface area contributed by atoms with Gasteiger partial charge in [0, 0.05) is 29.2 Å². The van der Waals surface area contributed by atoms with E-state index in [4.69, 9.17) is 5.73 Å². The monoisotopic (exact) mass is 268 g/mol. The summed E-state index contributed by atoms with van der Waals surface area (Å²) in [5, 5.41) is 0. The molecule has 0 saturated carbocycles. The van der Waals surface area contributed by atoms with Gasteiger partial charge in [-0.15, -0.1) is 13.2 Å². The summed E-state index contributed by atoms with van der Waals surface area (Å²) in [4.78, 5) is 3.95. The SMILES string of the molecule is Cc1ccncc1-c1cc(OC(F)(F)F)ccc1N. The maximum atomic E-state index is 12.2. The van der Waals surface area contributed by atoms with Crippen molar-refractivity contribution in [2.45, 2.75) is 13.3 Å². The number of rotatable bonds is 2. The second-order valence-corrected chi connectivity index (χ2v) is 3.99. The molecule has 1 heterocycles. The second-order valence-electron chi connectivity index (χ2n) is 3.99. The fraction of sp³-hybridized carbons (Fsp3) is 0.154. The van der Waals surface area contributed by atoms with E-state index in [1.165, 1.54) is 18.2 Å². The zero-order valence-corrected chi connectivity index (χ0v) is 10.0. The lowest BCUT2D eigenvalue weighted by Gasteiger charge is -2.13. The number of benzene rings is 1. The summed E-state index contributed by atoms with van der Waals surface area (Å²) in [5.41, 5.74) is 8.16. The first-order chi connectivity index (χ1) is 8.87. The van der Waals surface area contributed by atoms with E-state index in [9.17, 15) is 13.2 Å². The van der Waals surface area contributed by atoms with Crippen LogP contribution in [-0.4, -0.2) is 11.3 Å². The molecule has 2 rings (SSSR count). The molecule has 19 heavy (non-hydrogen) atoms. The molecule has 1 aromatic carbocycles. The van der Waals surface area contributed by atoms with Gasteiger partial charge in [0.05, 0.1) is 0 Å². The van der Waals surface area contributed by atoms with Crippen molar-refractivity contribution in [2.24, 2.45) is 0 Å². The molecule has 2 aromatic rings. The molecule has 0 saturated heterocycles. The van der Waals surface area contributed by atoms with Crippen LogP contribution in [0.15, 0.2) is 36.7 Å². The van der Waals surface area contributed by atoms with Crippen molar-refractivity contribution in [3.8, 4) is 16.9 Å². The highest BCUT2D eigenvalue weighted by Crippen LogP contribution is 2.33. The van der Waals surface area contributed by atoms with Gasteiger partial charge in [-0.05, 0) is 36.8 Å². The summed E-state index contributed by atoms with van der Waals surface area (Å²) in [5.74, 6) is -0.306. The van der Waals surface area contributed by atoms with Crippen LogP contribution >= 0.6 is 0 Å². The van der Waals surface area contributed by atoms with Gasteiger partial charge in [0.25, 0.3) is 0 Å². The van der Waals surface area contributed by atoms with Gasteiger partial charge in [0.15, 0.2) is 0 Å². The Hall–Kier alpha value is -2.24. The topological polar surface area (TPSA) is 48.1 Å². The molecular formula is C13H11F3N2O. The fourth-order valence-corrected chi connectivity index (χ4v) is 1.71. The number of hydrogen-bond acceptors (Lipinski definition) is 3. The van der Waals surface area contributed by atoms with E-state index in [1.54, 1.807) is 18.5 Å². The van der Waals surface area contributed by atoms with Gasteiger partial charge in [-0.25, -0.2) is 0 Å². The van der Waals surface area contributed by atoms with E-state index in [0.29, 0.717) is 16.8 Å². The zero-order valence-electron chi connectivity index (χ0n) is 10.0. The van der Waals surface area contributed by atoms with Crippen LogP contribution in [0.25, 0.3) is 11.1 Å². The number of aromatic nitrogens is 1. The first-order valence-corrected chi connectivity index (χ1v) is 5.43.